The van der Waals surface area contributed by atoms with Gasteiger partial charge in [0.15, 0.2) is 11.5 Å². The minimum absolute atomic E-state index is 0.116. The standard InChI is InChI=1S/C22H29N3O6/c1-13(26)25-20(15-9-10-18(31-14(2)27)19(11-15)30-3)17-12-24(16-7-5-4-6-8-16)21(28)22(17,29)23-25/h9-11,16-17,20,23,29H,4-8,12H2,1-3H3/t17-,20+,22+/m0/s1. The number of hydrogen-bond acceptors (Lipinski definition) is 7. The predicted molar refractivity (Wildman–Crippen MR) is 110 cm³/mol. The predicted octanol–water partition coefficient (Wildman–Crippen LogP) is 1.51. The van der Waals surface area contributed by atoms with E-state index in [1.807, 2.05) is 0 Å². The lowest BCUT2D eigenvalue weighted by molar-refractivity contribution is -0.153. The molecule has 2 N–H and O–H groups in total. The smallest absolute Gasteiger partial charge is 0.308 e. The maximum absolute atomic E-state index is 13.2. The second-order valence-corrected chi connectivity index (χ2v) is 8.57. The van der Waals surface area contributed by atoms with Crippen molar-refractivity contribution in [2.75, 3.05) is 13.7 Å². The van der Waals surface area contributed by atoms with E-state index in [-0.39, 0.29) is 23.6 Å². The number of carbonyl (C=O) groups excluding carboxylic acids is 3. The van der Waals surface area contributed by atoms with Gasteiger partial charge in [-0.15, -0.1) is 0 Å². The molecule has 4 rings (SSSR count). The maximum Gasteiger partial charge on any atom is 0.308 e. The fourth-order valence-corrected chi connectivity index (χ4v) is 5.17. The van der Waals surface area contributed by atoms with Gasteiger partial charge in [0.25, 0.3) is 5.91 Å². The molecule has 0 spiro atoms. The highest BCUT2D eigenvalue weighted by molar-refractivity contribution is 5.89. The number of aliphatic hydroxyl groups is 1. The molecule has 9 nitrogen and oxygen atoms in total. The number of rotatable bonds is 4. The maximum atomic E-state index is 13.2. The fourth-order valence-electron chi connectivity index (χ4n) is 5.17. The Bertz CT molecular complexity index is 899. The summed E-state index contributed by atoms with van der Waals surface area (Å²) in [5, 5.41) is 12.7. The van der Waals surface area contributed by atoms with Crippen LogP contribution in [0.1, 0.15) is 57.6 Å². The van der Waals surface area contributed by atoms with Crippen LogP contribution in [0.5, 0.6) is 11.5 Å². The molecule has 168 valence electrons. The quantitative estimate of drug-likeness (QED) is 0.549. The van der Waals surface area contributed by atoms with Crippen molar-refractivity contribution in [2.24, 2.45) is 5.92 Å². The van der Waals surface area contributed by atoms with Crippen molar-refractivity contribution < 1.29 is 29.0 Å². The van der Waals surface area contributed by atoms with Crippen LogP contribution in [0.2, 0.25) is 0 Å². The van der Waals surface area contributed by atoms with Crippen LogP contribution in [-0.2, 0) is 14.4 Å². The molecule has 0 bridgehead atoms. The Morgan fingerprint density at radius 2 is 1.87 bits per heavy atom. The van der Waals surface area contributed by atoms with Crippen LogP contribution in [0, 0.1) is 5.92 Å². The van der Waals surface area contributed by atoms with E-state index < -0.39 is 23.7 Å². The monoisotopic (exact) mass is 431 g/mol. The number of benzene rings is 1. The molecule has 2 aliphatic heterocycles. The molecular formula is C22H29N3O6. The molecule has 1 aromatic rings. The van der Waals surface area contributed by atoms with E-state index in [1.54, 1.807) is 23.1 Å². The van der Waals surface area contributed by atoms with Gasteiger partial charge in [0, 0.05) is 26.4 Å². The van der Waals surface area contributed by atoms with Gasteiger partial charge < -0.3 is 19.5 Å². The van der Waals surface area contributed by atoms with Gasteiger partial charge in [0.2, 0.25) is 11.6 Å². The summed E-state index contributed by atoms with van der Waals surface area (Å²) in [5.74, 6) is -1.11. The van der Waals surface area contributed by atoms with Gasteiger partial charge in [0.05, 0.1) is 19.1 Å². The van der Waals surface area contributed by atoms with Crippen LogP contribution in [-0.4, -0.2) is 58.2 Å². The molecule has 3 atom stereocenters. The minimum atomic E-state index is -1.84. The Balaban J connectivity index is 1.69. The summed E-state index contributed by atoms with van der Waals surface area (Å²) < 4.78 is 10.6. The first-order valence-corrected chi connectivity index (χ1v) is 10.7. The van der Waals surface area contributed by atoms with E-state index in [0.717, 1.165) is 25.7 Å². The Hall–Kier alpha value is -2.65. The summed E-state index contributed by atoms with van der Waals surface area (Å²) >= 11 is 0. The van der Waals surface area contributed by atoms with Crippen molar-refractivity contribution in [1.29, 1.82) is 0 Å². The molecule has 1 aliphatic carbocycles. The van der Waals surface area contributed by atoms with Crippen LogP contribution < -0.4 is 14.9 Å². The SMILES string of the molecule is COc1cc([C@@H]2[C@@H]3CN(C4CCCCC4)C(=O)[C@@]3(O)NN2C(C)=O)ccc1OC(C)=O. The molecule has 1 aromatic carbocycles. The van der Waals surface area contributed by atoms with Crippen LogP contribution in [0.15, 0.2) is 18.2 Å². The molecule has 9 heteroatoms. The minimum Gasteiger partial charge on any atom is -0.493 e. The summed E-state index contributed by atoms with van der Waals surface area (Å²) in [6, 6.07) is 4.54. The number of ether oxygens (including phenoxy) is 2. The van der Waals surface area contributed by atoms with Crippen LogP contribution in [0.4, 0.5) is 0 Å². The second kappa shape index (κ2) is 8.12. The van der Waals surface area contributed by atoms with Gasteiger partial charge in [-0.3, -0.25) is 19.4 Å². The van der Waals surface area contributed by atoms with Crippen molar-refractivity contribution >= 4 is 17.8 Å². The summed E-state index contributed by atoms with van der Waals surface area (Å²) in [7, 11) is 1.46. The van der Waals surface area contributed by atoms with Gasteiger partial charge >= 0.3 is 5.97 Å². The number of carbonyl (C=O) groups is 3. The van der Waals surface area contributed by atoms with Gasteiger partial charge in [-0.05, 0) is 30.5 Å². The lowest BCUT2D eigenvalue weighted by atomic mass is 9.88. The highest BCUT2D eigenvalue weighted by atomic mass is 16.6. The molecule has 2 amide bonds. The number of amides is 2. The highest BCUT2D eigenvalue weighted by Crippen LogP contribution is 2.47. The largest absolute Gasteiger partial charge is 0.493 e. The average Bonchev–Trinajstić information content (AvgIpc) is 3.18. The average molecular weight is 431 g/mol. The number of hydrogen-bond donors (Lipinski definition) is 2. The third-order valence-electron chi connectivity index (χ3n) is 6.60. The molecule has 0 aromatic heterocycles. The lowest BCUT2D eigenvalue weighted by Gasteiger charge is -2.34. The van der Waals surface area contributed by atoms with Crippen molar-refractivity contribution in [3.05, 3.63) is 23.8 Å². The molecule has 3 aliphatic rings. The van der Waals surface area contributed by atoms with Crippen LogP contribution in [0.25, 0.3) is 0 Å². The first-order valence-electron chi connectivity index (χ1n) is 10.7. The van der Waals surface area contributed by atoms with Gasteiger partial charge in [-0.25, -0.2) is 0 Å². The van der Waals surface area contributed by atoms with E-state index in [4.69, 9.17) is 9.47 Å². The molecule has 2 saturated heterocycles. The zero-order chi connectivity index (χ0) is 22.3. The number of nitrogens with zero attached hydrogens (tertiary/aromatic N) is 2. The molecule has 1 saturated carbocycles. The van der Waals surface area contributed by atoms with E-state index in [9.17, 15) is 19.5 Å². The summed E-state index contributed by atoms with van der Waals surface area (Å²) in [5.41, 5.74) is 1.64. The van der Waals surface area contributed by atoms with Gasteiger partial charge in [-0.1, -0.05) is 25.3 Å². The van der Waals surface area contributed by atoms with E-state index >= 15 is 0 Å². The Morgan fingerprint density at radius 1 is 1.16 bits per heavy atom. The topological polar surface area (TPSA) is 108 Å². The fraction of sp³-hybridized carbons (Fsp3) is 0.591. The number of fused-ring (bicyclic) bond motifs is 1. The third kappa shape index (κ3) is 3.65. The van der Waals surface area contributed by atoms with E-state index in [1.165, 1.54) is 32.4 Å². The Morgan fingerprint density at radius 3 is 2.48 bits per heavy atom. The van der Waals surface area contributed by atoms with Gasteiger partial charge in [-0.2, -0.15) is 5.43 Å². The summed E-state index contributed by atoms with van der Waals surface area (Å²) in [4.78, 5) is 38.8. The summed E-state index contributed by atoms with van der Waals surface area (Å²) in [6.45, 7) is 3.05. The zero-order valence-corrected chi connectivity index (χ0v) is 18.1. The molecule has 3 fully saturated rings. The molecule has 31 heavy (non-hydrogen) atoms. The molecule has 0 radical (unpaired) electrons. The van der Waals surface area contributed by atoms with Crippen molar-refractivity contribution in [2.45, 2.75) is 63.8 Å². The lowest BCUT2D eigenvalue weighted by Crippen LogP contribution is -2.56. The highest BCUT2D eigenvalue weighted by Gasteiger charge is 2.64. The van der Waals surface area contributed by atoms with Crippen molar-refractivity contribution in [3.8, 4) is 11.5 Å². The molecule has 2 heterocycles. The van der Waals surface area contributed by atoms with E-state index in [0.29, 0.717) is 17.9 Å². The third-order valence-corrected chi connectivity index (χ3v) is 6.60. The Kier molecular flexibility index (Phi) is 5.65. The van der Waals surface area contributed by atoms with E-state index in [2.05, 4.69) is 5.43 Å². The number of esters is 1. The first kappa shape index (κ1) is 21.6. The van der Waals surface area contributed by atoms with Gasteiger partial charge in [0.1, 0.15) is 0 Å². The second-order valence-electron chi connectivity index (χ2n) is 8.57. The van der Waals surface area contributed by atoms with Crippen LogP contribution >= 0.6 is 0 Å². The number of nitrogens with one attached hydrogen (secondary N) is 1. The zero-order valence-electron chi connectivity index (χ0n) is 18.1. The first-order chi connectivity index (χ1) is 14.8. The normalized spacial score (nSPS) is 28.6. The summed E-state index contributed by atoms with van der Waals surface area (Å²) in [6.07, 6.45) is 5.17. The molecule has 0 unspecified atom stereocenters. The number of methoxy groups -OCH3 is 1. The number of likely N-dealkylation sites (tertiary alicyclic amines) is 1. The van der Waals surface area contributed by atoms with Crippen LogP contribution in [0.3, 0.4) is 0 Å². The Labute approximate surface area is 181 Å². The molecular weight excluding hydrogens is 402 g/mol. The van der Waals surface area contributed by atoms with Crippen molar-refractivity contribution in [3.63, 3.8) is 0 Å². The number of hydrazine groups is 1. The van der Waals surface area contributed by atoms with Crippen molar-refractivity contribution in [1.82, 2.24) is 15.3 Å².